The zero-order valence-electron chi connectivity index (χ0n) is 11.7. The molecule has 0 atom stereocenters. The van der Waals surface area contributed by atoms with Gasteiger partial charge in [0.2, 0.25) is 0 Å². The van der Waals surface area contributed by atoms with Crippen LogP contribution in [0.2, 0.25) is 0 Å². The Hall–Kier alpha value is -2.04. The van der Waals surface area contributed by atoms with Crippen LogP contribution in [0.1, 0.15) is 29.9 Å². The second kappa shape index (κ2) is 5.30. The standard InChI is InChI=1S/C14H18N2O3/c1-5-18-12-8-10(14(17)19-6-2)7-11-9(3)15-16(4)13(11)12/h7-8H,5-6H2,1-4H3. The maximum Gasteiger partial charge on any atom is 0.338 e. The Kier molecular flexibility index (Phi) is 3.74. The van der Waals surface area contributed by atoms with Crippen molar-refractivity contribution in [3.05, 3.63) is 23.4 Å². The van der Waals surface area contributed by atoms with Gasteiger partial charge < -0.3 is 9.47 Å². The maximum atomic E-state index is 11.9. The number of hydrogen-bond donors (Lipinski definition) is 0. The second-order valence-corrected chi connectivity index (χ2v) is 4.23. The number of esters is 1. The van der Waals surface area contributed by atoms with Crippen molar-refractivity contribution in [3.8, 4) is 5.75 Å². The Morgan fingerprint density at radius 1 is 1.32 bits per heavy atom. The van der Waals surface area contributed by atoms with E-state index in [-0.39, 0.29) is 5.97 Å². The van der Waals surface area contributed by atoms with Gasteiger partial charge in [0.05, 0.1) is 24.5 Å². The van der Waals surface area contributed by atoms with Crippen LogP contribution in [0.4, 0.5) is 0 Å². The molecule has 5 heteroatoms. The summed E-state index contributed by atoms with van der Waals surface area (Å²) in [7, 11) is 1.86. The predicted molar refractivity (Wildman–Crippen MR) is 72.6 cm³/mol. The van der Waals surface area contributed by atoms with Crippen LogP contribution < -0.4 is 4.74 Å². The third-order valence-electron chi connectivity index (χ3n) is 2.90. The van der Waals surface area contributed by atoms with Crippen LogP contribution in [0.15, 0.2) is 12.1 Å². The summed E-state index contributed by atoms with van der Waals surface area (Å²) >= 11 is 0. The molecule has 0 aliphatic heterocycles. The van der Waals surface area contributed by atoms with Crippen molar-refractivity contribution < 1.29 is 14.3 Å². The summed E-state index contributed by atoms with van der Waals surface area (Å²) in [4.78, 5) is 11.9. The molecule has 0 radical (unpaired) electrons. The first-order valence-electron chi connectivity index (χ1n) is 6.35. The minimum Gasteiger partial charge on any atom is -0.492 e. The monoisotopic (exact) mass is 262 g/mol. The summed E-state index contributed by atoms with van der Waals surface area (Å²) in [5, 5.41) is 5.28. The fourth-order valence-electron chi connectivity index (χ4n) is 2.14. The summed E-state index contributed by atoms with van der Waals surface area (Å²) in [6.45, 7) is 6.49. The minimum atomic E-state index is -0.339. The molecule has 19 heavy (non-hydrogen) atoms. The van der Waals surface area contributed by atoms with Crippen LogP contribution in [0, 0.1) is 6.92 Å². The van der Waals surface area contributed by atoms with Crippen molar-refractivity contribution >= 4 is 16.9 Å². The fourth-order valence-corrected chi connectivity index (χ4v) is 2.14. The highest BCUT2D eigenvalue weighted by molar-refractivity contribution is 5.98. The van der Waals surface area contributed by atoms with E-state index >= 15 is 0 Å². The minimum absolute atomic E-state index is 0.339. The van der Waals surface area contributed by atoms with Crippen molar-refractivity contribution in [1.82, 2.24) is 9.78 Å². The maximum absolute atomic E-state index is 11.9. The quantitative estimate of drug-likeness (QED) is 0.794. The molecule has 0 saturated carbocycles. The molecular formula is C14H18N2O3. The van der Waals surface area contributed by atoms with Gasteiger partial charge in [-0.05, 0) is 32.9 Å². The molecule has 0 N–H and O–H groups in total. The predicted octanol–water partition coefficient (Wildman–Crippen LogP) is 2.46. The van der Waals surface area contributed by atoms with Crippen molar-refractivity contribution in [2.75, 3.05) is 13.2 Å². The molecule has 0 aliphatic carbocycles. The van der Waals surface area contributed by atoms with E-state index in [1.165, 1.54) is 0 Å². The third kappa shape index (κ3) is 2.41. The van der Waals surface area contributed by atoms with Crippen LogP contribution in [-0.4, -0.2) is 29.0 Å². The first kappa shape index (κ1) is 13.4. The number of carbonyl (C=O) groups is 1. The highest BCUT2D eigenvalue weighted by Gasteiger charge is 2.16. The van der Waals surface area contributed by atoms with Gasteiger partial charge in [-0.2, -0.15) is 5.10 Å². The first-order valence-corrected chi connectivity index (χ1v) is 6.35. The van der Waals surface area contributed by atoms with Crippen molar-refractivity contribution in [2.24, 2.45) is 7.05 Å². The number of hydrogen-bond acceptors (Lipinski definition) is 4. The molecule has 0 unspecified atom stereocenters. The van der Waals surface area contributed by atoms with E-state index in [1.54, 1.807) is 23.7 Å². The molecule has 0 aliphatic rings. The summed E-state index contributed by atoms with van der Waals surface area (Å²) < 4.78 is 12.4. The topological polar surface area (TPSA) is 53.4 Å². The summed E-state index contributed by atoms with van der Waals surface area (Å²) in [5.41, 5.74) is 2.26. The van der Waals surface area contributed by atoms with E-state index < -0.39 is 0 Å². The molecule has 0 saturated heterocycles. The molecule has 102 valence electrons. The SMILES string of the molecule is CCOC(=O)c1cc(OCC)c2c(c1)c(C)nn2C. The lowest BCUT2D eigenvalue weighted by Crippen LogP contribution is -2.06. The largest absolute Gasteiger partial charge is 0.492 e. The van der Waals surface area contributed by atoms with E-state index in [4.69, 9.17) is 9.47 Å². The molecule has 5 nitrogen and oxygen atoms in total. The van der Waals surface area contributed by atoms with Crippen molar-refractivity contribution in [2.45, 2.75) is 20.8 Å². The molecule has 0 bridgehead atoms. The van der Waals surface area contributed by atoms with Gasteiger partial charge in [-0.3, -0.25) is 4.68 Å². The molecule has 1 heterocycles. The summed E-state index contributed by atoms with van der Waals surface area (Å²) in [5.74, 6) is 0.319. The summed E-state index contributed by atoms with van der Waals surface area (Å²) in [6.07, 6.45) is 0. The van der Waals surface area contributed by atoms with Gasteiger partial charge in [0.25, 0.3) is 0 Å². The second-order valence-electron chi connectivity index (χ2n) is 4.23. The number of aryl methyl sites for hydroxylation is 2. The van der Waals surface area contributed by atoms with Crippen molar-refractivity contribution in [1.29, 1.82) is 0 Å². The Morgan fingerprint density at radius 3 is 2.68 bits per heavy atom. The number of carbonyl (C=O) groups excluding carboxylic acids is 1. The molecule has 2 aromatic rings. The van der Waals surface area contributed by atoms with Gasteiger partial charge in [0.15, 0.2) is 0 Å². The lowest BCUT2D eigenvalue weighted by molar-refractivity contribution is 0.0526. The molecule has 1 aromatic heterocycles. The highest BCUT2D eigenvalue weighted by Crippen LogP contribution is 2.29. The fraction of sp³-hybridized carbons (Fsp3) is 0.429. The zero-order chi connectivity index (χ0) is 14.0. The highest BCUT2D eigenvalue weighted by atomic mass is 16.5. The molecule has 1 aromatic carbocycles. The molecular weight excluding hydrogens is 244 g/mol. The average molecular weight is 262 g/mol. The smallest absolute Gasteiger partial charge is 0.338 e. The van der Waals surface area contributed by atoms with Gasteiger partial charge in [-0.25, -0.2) is 4.79 Å². The lowest BCUT2D eigenvalue weighted by Gasteiger charge is -2.09. The molecule has 0 fully saturated rings. The van der Waals surface area contributed by atoms with Crippen molar-refractivity contribution in [3.63, 3.8) is 0 Å². The van der Waals surface area contributed by atoms with E-state index in [1.807, 2.05) is 20.9 Å². The molecule has 0 amide bonds. The number of nitrogens with zero attached hydrogens (tertiary/aromatic N) is 2. The summed E-state index contributed by atoms with van der Waals surface area (Å²) in [6, 6.07) is 3.52. The molecule has 2 rings (SSSR count). The molecule has 0 spiro atoms. The average Bonchev–Trinajstić information content (AvgIpc) is 2.66. The van der Waals surface area contributed by atoms with Crippen LogP contribution >= 0.6 is 0 Å². The zero-order valence-corrected chi connectivity index (χ0v) is 11.7. The van der Waals surface area contributed by atoms with Crippen LogP contribution in [0.3, 0.4) is 0 Å². The lowest BCUT2D eigenvalue weighted by atomic mass is 10.1. The Labute approximate surface area is 112 Å². The Balaban J connectivity index is 2.63. The van der Waals surface area contributed by atoms with Gasteiger partial charge in [-0.1, -0.05) is 0 Å². The third-order valence-corrected chi connectivity index (χ3v) is 2.90. The number of benzene rings is 1. The number of aromatic nitrogens is 2. The number of rotatable bonds is 4. The van der Waals surface area contributed by atoms with E-state index in [2.05, 4.69) is 5.10 Å². The number of fused-ring (bicyclic) bond motifs is 1. The Bertz CT molecular complexity index is 617. The first-order chi connectivity index (χ1) is 9.08. The van der Waals surface area contributed by atoms with Gasteiger partial charge in [-0.15, -0.1) is 0 Å². The number of ether oxygens (including phenoxy) is 2. The van der Waals surface area contributed by atoms with E-state index in [0.717, 1.165) is 16.6 Å². The van der Waals surface area contributed by atoms with Crippen LogP contribution in [0.5, 0.6) is 5.75 Å². The van der Waals surface area contributed by atoms with E-state index in [0.29, 0.717) is 24.5 Å². The normalized spacial score (nSPS) is 10.7. The van der Waals surface area contributed by atoms with Crippen LogP contribution in [0.25, 0.3) is 10.9 Å². The van der Waals surface area contributed by atoms with Crippen LogP contribution in [-0.2, 0) is 11.8 Å². The van der Waals surface area contributed by atoms with Gasteiger partial charge in [0, 0.05) is 12.4 Å². The van der Waals surface area contributed by atoms with E-state index in [9.17, 15) is 4.79 Å². The van der Waals surface area contributed by atoms with Gasteiger partial charge in [0.1, 0.15) is 11.3 Å². The Morgan fingerprint density at radius 2 is 2.05 bits per heavy atom. The van der Waals surface area contributed by atoms with Gasteiger partial charge >= 0.3 is 5.97 Å².